The van der Waals surface area contributed by atoms with Crippen molar-refractivity contribution in [3.63, 3.8) is 0 Å². The summed E-state index contributed by atoms with van der Waals surface area (Å²) in [7, 11) is 0. The Labute approximate surface area is 105 Å². The van der Waals surface area contributed by atoms with E-state index >= 15 is 0 Å². The highest BCUT2D eigenvalue weighted by atomic mass is 19.4. The van der Waals surface area contributed by atoms with Crippen molar-refractivity contribution in [2.24, 2.45) is 5.73 Å². The number of hydrogen-bond donors (Lipinski definition) is 1. The zero-order chi connectivity index (χ0) is 14.2. The first-order valence-electron chi connectivity index (χ1n) is 5.30. The van der Waals surface area contributed by atoms with Gasteiger partial charge in [-0.1, -0.05) is 18.2 Å². The quantitative estimate of drug-likeness (QED) is 0.672. The highest BCUT2D eigenvalue weighted by molar-refractivity contribution is 5.93. The van der Waals surface area contributed by atoms with E-state index in [1.54, 1.807) is 0 Å². The number of nitrogens with two attached hydrogens (primary N) is 1. The van der Waals surface area contributed by atoms with Crippen molar-refractivity contribution in [1.29, 1.82) is 0 Å². The molecular weight excluding hydrogens is 261 g/mol. The SMILES string of the molecule is N[C@@H](c1ccc([N+](=O)[O-])c2ccccc12)C(F)(F)F. The molecule has 0 aliphatic rings. The summed E-state index contributed by atoms with van der Waals surface area (Å²) in [5.74, 6) is 0. The predicted octanol–water partition coefficient (Wildman–Crippen LogP) is 3.31. The Morgan fingerprint density at radius 2 is 1.68 bits per heavy atom. The third kappa shape index (κ3) is 2.37. The van der Waals surface area contributed by atoms with Crippen molar-refractivity contribution in [3.05, 3.63) is 52.1 Å². The first kappa shape index (κ1) is 13.3. The summed E-state index contributed by atoms with van der Waals surface area (Å²) in [4.78, 5) is 10.2. The zero-order valence-electron chi connectivity index (χ0n) is 9.52. The number of non-ortho nitro benzene ring substituents is 1. The van der Waals surface area contributed by atoms with Crippen LogP contribution in [0.2, 0.25) is 0 Å². The van der Waals surface area contributed by atoms with E-state index in [0.717, 1.165) is 12.1 Å². The number of benzene rings is 2. The number of halogens is 3. The Morgan fingerprint density at radius 1 is 1.11 bits per heavy atom. The molecule has 2 rings (SSSR count). The topological polar surface area (TPSA) is 69.2 Å². The number of fused-ring (bicyclic) bond motifs is 1. The minimum absolute atomic E-state index is 0.140. The highest BCUT2D eigenvalue weighted by Crippen LogP contribution is 2.37. The van der Waals surface area contributed by atoms with E-state index in [0.29, 0.717) is 0 Å². The molecule has 0 aliphatic carbocycles. The molecule has 0 heterocycles. The van der Waals surface area contributed by atoms with Crippen LogP contribution >= 0.6 is 0 Å². The molecule has 1 atom stereocenters. The van der Waals surface area contributed by atoms with E-state index in [1.807, 2.05) is 0 Å². The molecular formula is C12H9F3N2O2. The Kier molecular flexibility index (Phi) is 3.15. The fourth-order valence-electron chi connectivity index (χ4n) is 1.91. The average Bonchev–Trinajstić information content (AvgIpc) is 2.35. The lowest BCUT2D eigenvalue weighted by atomic mass is 9.98. The predicted molar refractivity (Wildman–Crippen MR) is 63.6 cm³/mol. The van der Waals surface area contributed by atoms with Gasteiger partial charge in [-0.3, -0.25) is 10.1 Å². The molecule has 0 unspecified atom stereocenters. The number of nitrogens with zero attached hydrogens (tertiary/aromatic N) is 1. The lowest BCUT2D eigenvalue weighted by Crippen LogP contribution is -2.28. The van der Waals surface area contributed by atoms with Crippen molar-refractivity contribution in [3.8, 4) is 0 Å². The molecule has 0 fully saturated rings. The van der Waals surface area contributed by atoms with Crippen molar-refractivity contribution in [2.45, 2.75) is 12.2 Å². The average molecular weight is 270 g/mol. The van der Waals surface area contributed by atoms with Crippen LogP contribution in [0.4, 0.5) is 18.9 Å². The van der Waals surface area contributed by atoms with E-state index in [2.05, 4.69) is 0 Å². The number of nitro groups is 1. The van der Waals surface area contributed by atoms with E-state index in [1.165, 1.54) is 24.3 Å². The van der Waals surface area contributed by atoms with Crippen molar-refractivity contribution < 1.29 is 18.1 Å². The molecule has 0 spiro atoms. The number of alkyl halides is 3. The number of rotatable bonds is 2. The van der Waals surface area contributed by atoms with Crippen LogP contribution in [-0.2, 0) is 0 Å². The summed E-state index contributed by atoms with van der Waals surface area (Å²) >= 11 is 0. The van der Waals surface area contributed by atoms with Crippen molar-refractivity contribution >= 4 is 16.5 Å². The minimum atomic E-state index is -4.60. The molecule has 0 saturated carbocycles. The third-order valence-electron chi connectivity index (χ3n) is 2.82. The normalized spacial score (nSPS) is 13.5. The summed E-state index contributed by atoms with van der Waals surface area (Å²) in [5.41, 5.74) is 4.76. The van der Waals surface area contributed by atoms with Gasteiger partial charge in [0, 0.05) is 6.07 Å². The lowest BCUT2D eigenvalue weighted by Gasteiger charge is -2.17. The Balaban J connectivity index is 2.72. The molecule has 4 nitrogen and oxygen atoms in total. The number of nitro benzene ring substituents is 1. The second-order valence-electron chi connectivity index (χ2n) is 4.00. The molecule has 0 bridgehead atoms. The van der Waals surface area contributed by atoms with Crippen molar-refractivity contribution in [1.82, 2.24) is 0 Å². The molecule has 0 radical (unpaired) electrons. The van der Waals surface area contributed by atoms with Crippen LogP contribution in [0, 0.1) is 10.1 Å². The van der Waals surface area contributed by atoms with Crippen LogP contribution < -0.4 is 5.73 Å². The zero-order valence-corrected chi connectivity index (χ0v) is 9.52. The summed E-state index contributed by atoms with van der Waals surface area (Å²) in [6.45, 7) is 0. The van der Waals surface area contributed by atoms with Crippen LogP contribution in [0.25, 0.3) is 10.8 Å². The van der Waals surface area contributed by atoms with Gasteiger partial charge in [-0.2, -0.15) is 13.2 Å². The molecule has 0 amide bonds. The second kappa shape index (κ2) is 4.51. The van der Waals surface area contributed by atoms with E-state index in [4.69, 9.17) is 5.73 Å². The second-order valence-corrected chi connectivity index (χ2v) is 4.00. The van der Waals surface area contributed by atoms with Gasteiger partial charge in [-0.25, -0.2) is 0 Å². The summed E-state index contributed by atoms with van der Waals surface area (Å²) < 4.78 is 38.0. The molecule has 2 aromatic rings. The van der Waals surface area contributed by atoms with Gasteiger partial charge >= 0.3 is 6.18 Å². The molecule has 0 saturated heterocycles. The molecule has 0 aliphatic heterocycles. The van der Waals surface area contributed by atoms with Gasteiger partial charge in [0.1, 0.15) is 6.04 Å². The van der Waals surface area contributed by atoms with E-state index in [-0.39, 0.29) is 22.0 Å². The van der Waals surface area contributed by atoms with Crippen LogP contribution in [0.3, 0.4) is 0 Å². The molecule has 19 heavy (non-hydrogen) atoms. The van der Waals surface area contributed by atoms with Gasteiger partial charge < -0.3 is 5.73 Å². The van der Waals surface area contributed by atoms with Gasteiger partial charge in [0.2, 0.25) is 0 Å². The number of hydrogen-bond acceptors (Lipinski definition) is 3. The first-order chi connectivity index (χ1) is 8.82. The van der Waals surface area contributed by atoms with Crippen LogP contribution in [0.5, 0.6) is 0 Å². The maximum absolute atomic E-state index is 12.7. The first-order valence-corrected chi connectivity index (χ1v) is 5.30. The maximum Gasteiger partial charge on any atom is 0.407 e. The van der Waals surface area contributed by atoms with Crippen LogP contribution in [0.1, 0.15) is 11.6 Å². The molecule has 0 aromatic heterocycles. The molecule has 2 N–H and O–H groups in total. The van der Waals surface area contributed by atoms with Crippen LogP contribution in [0.15, 0.2) is 36.4 Å². The fraction of sp³-hybridized carbons (Fsp3) is 0.167. The fourth-order valence-corrected chi connectivity index (χ4v) is 1.91. The third-order valence-corrected chi connectivity index (χ3v) is 2.82. The molecule has 7 heteroatoms. The van der Waals surface area contributed by atoms with Gasteiger partial charge in [0.25, 0.3) is 5.69 Å². The van der Waals surface area contributed by atoms with Gasteiger partial charge in [0.15, 0.2) is 0 Å². The minimum Gasteiger partial charge on any atom is -0.316 e. The molecule has 2 aromatic carbocycles. The largest absolute Gasteiger partial charge is 0.407 e. The Hall–Kier alpha value is -2.15. The van der Waals surface area contributed by atoms with E-state index < -0.39 is 17.1 Å². The van der Waals surface area contributed by atoms with Gasteiger partial charge in [0.05, 0.1) is 10.3 Å². The van der Waals surface area contributed by atoms with Gasteiger partial charge in [-0.05, 0) is 23.1 Å². The Bertz CT molecular complexity index is 640. The van der Waals surface area contributed by atoms with Gasteiger partial charge in [-0.15, -0.1) is 0 Å². The summed E-state index contributed by atoms with van der Waals surface area (Å²) in [6.07, 6.45) is -4.60. The standard InChI is InChI=1S/C12H9F3N2O2/c13-12(14,15)11(16)9-5-6-10(17(18)19)8-4-2-1-3-7(8)9/h1-6,11H,16H2/t11-/m0/s1. The smallest absolute Gasteiger partial charge is 0.316 e. The summed E-state index contributed by atoms with van der Waals surface area (Å²) in [5, 5.41) is 11.1. The maximum atomic E-state index is 12.7. The lowest BCUT2D eigenvalue weighted by molar-refractivity contribution is -0.383. The van der Waals surface area contributed by atoms with Crippen LogP contribution in [-0.4, -0.2) is 11.1 Å². The van der Waals surface area contributed by atoms with E-state index in [9.17, 15) is 23.3 Å². The molecule has 100 valence electrons. The monoisotopic (exact) mass is 270 g/mol. The van der Waals surface area contributed by atoms with Crippen molar-refractivity contribution in [2.75, 3.05) is 0 Å². The summed E-state index contributed by atoms with van der Waals surface area (Å²) in [6, 6.07) is 5.76. The highest BCUT2D eigenvalue weighted by Gasteiger charge is 2.39. The Morgan fingerprint density at radius 3 is 2.21 bits per heavy atom.